The molecule has 0 amide bonds. The Morgan fingerprint density at radius 2 is 2.16 bits per heavy atom. The smallest absolute Gasteiger partial charge is 0.343 e. The first-order chi connectivity index (χ1) is 9.26. The SMILES string of the molecule is COC(=O)c1ccc(N2CCCSCC2)nc1OC. The number of carbonyl (C=O) groups is 1. The fraction of sp³-hybridized carbons (Fsp3) is 0.538. The highest BCUT2D eigenvalue weighted by Crippen LogP contribution is 2.23. The number of ether oxygens (including phenoxy) is 2. The quantitative estimate of drug-likeness (QED) is 0.788. The number of carbonyl (C=O) groups excluding carboxylic acids is 1. The number of aromatic nitrogens is 1. The molecule has 2 heterocycles. The Hall–Kier alpha value is -1.43. The molecule has 0 bridgehead atoms. The van der Waals surface area contributed by atoms with Crippen molar-refractivity contribution in [2.24, 2.45) is 0 Å². The van der Waals surface area contributed by atoms with Crippen molar-refractivity contribution in [2.45, 2.75) is 6.42 Å². The molecule has 19 heavy (non-hydrogen) atoms. The van der Waals surface area contributed by atoms with Crippen LogP contribution in [0.15, 0.2) is 12.1 Å². The summed E-state index contributed by atoms with van der Waals surface area (Å²) in [7, 11) is 2.86. The van der Waals surface area contributed by atoms with Gasteiger partial charge in [-0.2, -0.15) is 16.7 Å². The molecule has 0 atom stereocenters. The van der Waals surface area contributed by atoms with Crippen LogP contribution in [0.25, 0.3) is 0 Å². The van der Waals surface area contributed by atoms with Gasteiger partial charge in [-0.05, 0) is 24.3 Å². The second-order valence-corrected chi connectivity index (χ2v) is 5.40. The van der Waals surface area contributed by atoms with E-state index in [4.69, 9.17) is 9.47 Å². The third kappa shape index (κ3) is 3.32. The molecule has 0 N–H and O–H groups in total. The first-order valence-corrected chi connectivity index (χ1v) is 7.37. The number of nitrogens with zero attached hydrogens (tertiary/aromatic N) is 2. The van der Waals surface area contributed by atoms with Crippen LogP contribution < -0.4 is 9.64 Å². The first kappa shape index (κ1) is 14.0. The van der Waals surface area contributed by atoms with Gasteiger partial charge < -0.3 is 14.4 Å². The van der Waals surface area contributed by atoms with Gasteiger partial charge in [-0.25, -0.2) is 4.79 Å². The predicted octanol–water partition coefficient (Wildman–Crippen LogP) is 1.82. The Labute approximate surface area is 117 Å². The molecule has 1 aliphatic rings. The molecular formula is C13H18N2O3S. The predicted molar refractivity (Wildman–Crippen MR) is 76.3 cm³/mol. The van der Waals surface area contributed by atoms with Gasteiger partial charge >= 0.3 is 5.97 Å². The van der Waals surface area contributed by atoms with E-state index in [0.717, 1.165) is 31.1 Å². The van der Waals surface area contributed by atoms with Crippen molar-refractivity contribution < 1.29 is 14.3 Å². The number of pyridine rings is 1. The van der Waals surface area contributed by atoms with Crippen molar-refractivity contribution in [1.29, 1.82) is 0 Å². The molecule has 0 aliphatic carbocycles. The van der Waals surface area contributed by atoms with Crippen LogP contribution in [0, 0.1) is 0 Å². The summed E-state index contributed by atoms with van der Waals surface area (Å²) in [5, 5.41) is 0. The average molecular weight is 282 g/mol. The van der Waals surface area contributed by atoms with E-state index in [1.807, 2.05) is 17.8 Å². The molecule has 0 unspecified atom stereocenters. The van der Waals surface area contributed by atoms with Crippen LogP contribution in [-0.2, 0) is 4.74 Å². The summed E-state index contributed by atoms with van der Waals surface area (Å²) in [5.74, 6) is 3.03. The van der Waals surface area contributed by atoms with Crippen LogP contribution >= 0.6 is 11.8 Å². The number of hydrogen-bond acceptors (Lipinski definition) is 6. The molecule has 1 fully saturated rings. The lowest BCUT2D eigenvalue weighted by atomic mass is 10.2. The van der Waals surface area contributed by atoms with Crippen molar-refractivity contribution in [3.05, 3.63) is 17.7 Å². The maximum atomic E-state index is 11.6. The third-order valence-corrected chi connectivity index (χ3v) is 4.04. The maximum Gasteiger partial charge on any atom is 0.343 e. The second-order valence-electron chi connectivity index (χ2n) is 4.17. The zero-order valence-corrected chi connectivity index (χ0v) is 12.0. The first-order valence-electron chi connectivity index (χ1n) is 6.22. The van der Waals surface area contributed by atoms with Crippen LogP contribution in [0.4, 0.5) is 5.82 Å². The van der Waals surface area contributed by atoms with Gasteiger partial charge in [-0.3, -0.25) is 0 Å². The molecule has 0 aromatic carbocycles. The molecular weight excluding hydrogens is 264 g/mol. The fourth-order valence-electron chi connectivity index (χ4n) is 2.00. The highest BCUT2D eigenvalue weighted by Gasteiger charge is 2.18. The van der Waals surface area contributed by atoms with Crippen molar-refractivity contribution in [3.8, 4) is 5.88 Å². The maximum absolute atomic E-state index is 11.6. The highest BCUT2D eigenvalue weighted by atomic mass is 32.2. The van der Waals surface area contributed by atoms with Crippen molar-refractivity contribution in [2.75, 3.05) is 43.7 Å². The summed E-state index contributed by atoms with van der Waals surface area (Å²) < 4.78 is 9.90. The minimum atomic E-state index is -0.428. The summed E-state index contributed by atoms with van der Waals surface area (Å²) >= 11 is 1.96. The Morgan fingerprint density at radius 3 is 2.89 bits per heavy atom. The van der Waals surface area contributed by atoms with Gasteiger partial charge in [0.2, 0.25) is 5.88 Å². The number of thioether (sulfide) groups is 1. The van der Waals surface area contributed by atoms with Gasteiger partial charge in [0.15, 0.2) is 0 Å². The Morgan fingerprint density at radius 1 is 1.32 bits per heavy atom. The lowest BCUT2D eigenvalue weighted by molar-refractivity contribution is 0.0596. The molecule has 0 radical (unpaired) electrons. The van der Waals surface area contributed by atoms with Crippen molar-refractivity contribution in [1.82, 2.24) is 4.98 Å². The molecule has 0 saturated carbocycles. The number of rotatable bonds is 3. The van der Waals surface area contributed by atoms with Crippen LogP contribution in [0.3, 0.4) is 0 Å². The number of methoxy groups -OCH3 is 2. The van der Waals surface area contributed by atoms with Crippen molar-refractivity contribution in [3.63, 3.8) is 0 Å². The summed E-state index contributed by atoms with van der Waals surface area (Å²) in [5.41, 5.74) is 0.359. The van der Waals surface area contributed by atoms with Gasteiger partial charge in [0.1, 0.15) is 11.4 Å². The minimum Gasteiger partial charge on any atom is -0.480 e. The lowest BCUT2D eigenvalue weighted by Gasteiger charge is -2.21. The van der Waals surface area contributed by atoms with Crippen LogP contribution in [0.5, 0.6) is 5.88 Å². The zero-order valence-electron chi connectivity index (χ0n) is 11.2. The Balaban J connectivity index is 2.24. The van der Waals surface area contributed by atoms with E-state index in [1.165, 1.54) is 20.0 Å². The molecule has 2 rings (SSSR count). The second kappa shape index (κ2) is 6.65. The lowest BCUT2D eigenvalue weighted by Crippen LogP contribution is -2.26. The van der Waals surface area contributed by atoms with E-state index < -0.39 is 5.97 Å². The molecule has 1 aliphatic heterocycles. The standard InChI is InChI=1S/C13H18N2O3S/c1-17-12-10(13(16)18-2)4-5-11(14-12)15-6-3-8-19-9-7-15/h4-5H,3,6-9H2,1-2H3. The molecule has 1 aromatic heterocycles. The van der Waals surface area contributed by atoms with E-state index in [-0.39, 0.29) is 0 Å². The summed E-state index contributed by atoms with van der Waals surface area (Å²) in [6.07, 6.45) is 1.15. The van der Waals surface area contributed by atoms with Gasteiger partial charge in [0.05, 0.1) is 14.2 Å². The van der Waals surface area contributed by atoms with Gasteiger partial charge in [0.25, 0.3) is 0 Å². The zero-order chi connectivity index (χ0) is 13.7. The molecule has 1 saturated heterocycles. The van der Waals surface area contributed by atoms with E-state index in [0.29, 0.717) is 11.4 Å². The average Bonchev–Trinajstić information content (AvgIpc) is 2.74. The fourth-order valence-corrected chi connectivity index (χ4v) is 2.89. The number of hydrogen-bond donors (Lipinski definition) is 0. The Bertz CT molecular complexity index is 446. The number of esters is 1. The topological polar surface area (TPSA) is 51.7 Å². The largest absolute Gasteiger partial charge is 0.480 e. The van der Waals surface area contributed by atoms with Crippen LogP contribution in [0.2, 0.25) is 0 Å². The van der Waals surface area contributed by atoms with E-state index in [9.17, 15) is 4.79 Å². The summed E-state index contributed by atoms with van der Waals surface area (Å²) in [6, 6.07) is 3.57. The van der Waals surface area contributed by atoms with Gasteiger partial charge in [-0.1, -0.05) is 0 Å². The van der Waals surface area contributed by atoms with E-state index >= 15 is 0 Å². The molecule has 104 valence electrons. The monoisotopic (exact) mass is 282 g/mol. The summed E-state index contributed by atoms with van der Waals surface area (Å²) in [4.78, 5) is 18.2. The van der Waals surface area contributed by atoms with Gasteiger partial charge in [0, 0.05) is 18.8 Å². The molecule has 5 nitrogen and oxygen atoms in total. The molecule has 0 spiro atoms. The highest BCUT2D eigenvalue weighted by molar-refractivity contribution is 7.99. The summed E-state index contributed by atoms with van der Waals surface area (Å²) in [6.45, 7) is 1.96. The third-order valence-electron chi connectivity index (χ3n) is 2.99. The van der Waals surface area contributed by atoms with Crippen molar-refractivity contribution >= 4 is 23.5 Å². The van der Waals surface area contributed by atoms with Crippen LogP contribution in [0.1, 0.15) is 16.8 Å². The molecule has 1 aromatic rings. The number of anilines is 1. The minimum absolute atomic E-state index is 0.321. The van der Waals surface area contributed by atoms with Crippen LogP contribution in [-0.4, -0.2) is 49.8 Å². The van der Waals surface area contributed by atoms with E-state index in [2.05, 4.69) is 9.88 Å². The normalized spacial score (nSPS) is 15.8. The van der Waals surface area contributed by atoms with E-state index in [1.54, 1.807) is 6.07 Å². The van der Waals surface area contributed by atoms with Gasteiger partial charge in [-0.15, -0.1) is 0 Å². The Kier molecular flexibility index (Phi) is 4.90. The molecule has 6 heteroatoms.